The van der Waals surface area contributed by atoms with Gasteiger partial charge in [0.1, 0.15) is 24.7 Å². The van der Waals surface area contributed by atoms with Gasteiger partial charge in [-0.2, -0.15) is 0 Å². The topological polar surface area (TPSA) is 65.0 Å². The van der Waals surface area contributed by atoms with Crippen LogP contribution in [0, 0.1) is 26.2 Å². The Balaban J connectivity index is 1.33. The van der Waals surface area contributed by atoms with Gasteiger partial charge in [0.2, 0.25) is 0 Å². The second kappa shape index (κ2) is 10.2. The molecule has 1 N–H and O–H groups in total. The Labute approximate surface area is 219 Å². The number of carboxylic acid groups (broad SMARTS) is 1. The van der Waals surface area contributed by atoms with Gasteiger partial charge in [0.15, 0.2) is 0 Å². The fraction of sp³-hybridized carbons (Fsp3) is 0.406. The first-order chi connectivity index (χ1) is 17.8. The summed E-state index contributed by atoms with van der Waals surface area (Å²) >= 11 is 0. The normalized spacial score (nSPS) is 17.0. The van der Waals surface area contributed by atoms with Crippen LogP contribution in [0.4, 0.5) is 0 Å². The number of ether oxygens (including phenoxy) is 3. The number of rotatable bonds is 10. The first-order valence-corrected chi connectivity index (χ1v) is 13.1. The molecule has 0 aliphatic heterocycles. The highest BCUT2D eigenvalue weighted by Gasteiger charge is 2.54. The SMILES string of the molecule is COCCOc1cc(C)c(-c2cccc(COc3ccc4c(c3)CC3(CC3)[C@H]4CC(=O)O)c2C)c(C)c1. The average Bonchev–Trinajstić information content (AvgIpc) is 3.56. The highest BCUT2D eigenvalue weighted by Crippen LogP contribution is 2.64. The van der Waals surface area contributed by atoms with Crippen molar-refractivity contribution in [3.05, 3.63) is 81.9 Å². The Hall–Kier alpha value is -3.31. The van der Waals surface area contributed by atoms with Crippen LogP contribution in [-0.2, 0) is 22.6 Å². The molecule has 37 heavy (non-hydrogen) atoms. The van der Waals surface area contributed by atoms with E-state index in [9.17, 15) is 9.90 Å². The van der Waals surface area contributed by atoms with Gasteiger partial charge in [0, 0.05) is 13.0 Å². The minimum atomic E-state index is -0.710. The molecular weight excluding hydrogens is 464 g/mol. The number of methoxy groups -OCH3 is 1. The molecule has 3 aromatic carbocycles. The standard InChI is InChI=1S/C32H36O5/c1-20-14-26(36-13-12-35-4)15-21(2)31(20)27-7-5-6-23(22(27)3)19-37-25-8-9-28-24(16-25)18-32(10-11-32)29(28)17-30(33)34/h5-9,14-16,29H,10-13,17-19H2,1-4H3,(H,33,34)/t29-/m0/s1. The molecule has 2 aliphatic rings. The molecule has 0 saturated heterocycles. The monoisotopic (exact) mass is 500 g/mol. The zero-order chi connectivity index (χ0) is 26.2. The van der Waals surface area contributed by atoms with Crippen molar-refractivity contribution in [2.45, 2.75) is 59.0 Å². The van der Waals surface area contributed by atoms with E-state index in [1.54, 1.807) is 7.11 Å². The van der Waals surface area contributed by atoms with E-state index in [-0.39, 0.29) is 17.8 Å². The predicted molar refractivity (Wildman–Crippen MR) is 145 cm³/mol. The molecule has 1 fully saturated rings. The molecule has 194 valence electrons. The number of carbonyl (C=O) groups is 1. The fourth-order valence-electron chi connectivity index (χ4n) is 6.13. The van der Waals surface area contributed by atoms with Gasteiger partial charge in [0.05, 0.1) is 13.0 Å². The summed E-state index contributed by atoms with van der Waals surface area (Å²) in [6, 6.07) is 16.8. The molecule has 3 aromatic rings. The first-order valence-electron chi connectivity index (χ1n) is 13.1. The lowest BCUT2D eigenvalue weighted by Gasteiger charge is -2.18. The molecule has 0 aromatic heterocycles. The molecule has 0 heterocycles. The molecule has 1 atom stereocenters. The Morgan fingerprint density at radius 2 is 1.73 bits per heavy atom. The summed E-state index contributed by atoms with van der Waals surface area (Å²) in [5.74, 6) is 1.14. The van der Waals surface area contributed by atoms with Crippen molar-refractivity contribution in [2.75, 3.05) is 20.3 Å². The third-order valence-corrected chi connectivity index (χ3v) is 8.21. The largest absolute Gasteiger partial charge is 0.491 e. The van der Waals surface area contributed by atoms with Gasteiger partial charge in [-0.3, -0.25) is 4.79 Å². The zero-order valence-corrected chi connectivity index (χ0v) is 22.2. The smallest absolute Gasteiger partial charge is 0.303 e. The summed E-state index contributed by atoms with van der Waals surface area (Å²) in [5.41, 5.74) is 9.78. The van der Waals surface area contributed by atoms with E-state index in [4.69, 9.17) is 14.2 Å². The number of fused-ring (bicyclic) bond motifs is 1. The van der Waals surface area contributed by atoms with Crippen LogP contribution >= 0.6 is 0 Å². The summed E-state index contributed by atoms with van der Waals surface area (Å²) in [4.78, 5) is 11.4. The van der Waals surface area contributed by atoms with Gasteiger partial charge < -0.3 is 19.3 Å². The van der Waals surface area contributed by atoms with Crippen LogP contribution in [0.25, 0.3) is 11.1 Å². The Kier molecular flexibility index (Phi) is 7.00. The number of carboxylic acids is 1. The summed E-state index contributed by atoms with van der Waals surface area (Å²) in [6.45, 7) is 8.00. The van der Waals surface area contributed by atoms with E-state index in [1.807, 2.05) is 6.07 Å². The van der Waals surface area contributed by atoms with Gasteiger partial charge in [-0.25, -0.2) is 0 Å². The maximum atomic E-state index is 11.4. The maximum Gasteiger partial charge on any atom is 0.303 e. The van der Waals surface area contributed by atoms with Crippen molar-refractivity contribution in [1.29, 1.82) is 0 Å². The third-order valence-electron chi connectivity index (χ3n) is 8.21. The van der Waals surface area contributed by atoms with Crippen molar-refractivity contribution in [2.24, 2.45) is 5.41 Å². The maximum absolute atomic E-state index is 11.4. The van der Waals surface area contributed by atoms with Crippen molar-refractivity contribution in [3.63, 3.8) is 0 Å². The van der Waals surface area contributed by atoms with Crippen molar-refractivity contribution < 1.29 is 24.1 Å². The minimum absolute atomic E-state index is 0.135. The van der Waals surface area contributed by atoms with E-state index >= 15 is 0 Å². The highest BCUT2D eigenvalue weighted by molar-refractivity contribution is 5.75. The van der Waals surface area contributed by atoms with Crippen LogP contribution in [0.3, 0.4) is 0 Å². The van der Waals surface area contributed by atoms with E-state index in [2.05, 4.69) is 63.2 Å². The molecule has 5 rings (SSSR count). The number of aliphatic carboxylic acids is 1. The predicted octanol–water partition coefficient (Wildman–Crippen LogP) is 6.78. The lowest BCUT2D eigenvalue weighted by Crippen LogP contribution is -2.13. The van der Waals surface area contributed by atoms with E-state index in [0.717, 1.165) is 36.3 Å². The van der Waals surface area contributed by atoms with Crippen molar-refractivity contribution in [3.8, 4) is 22.6 Å². The van der Waals surface area contributed by atoms with Crippen LogP contribution < -0.4 is 9.47 Å². The molecular formula is C32H36O5. The van der Waals surface area contributed by atoms with Crippen LogP contribution in [0.2, 0.25) is 0 Å². The van der Waals surface area contributed by atoms with E-state index < -0.39 is 5.97 Å². The van der Waals surface area contributed by atoms with Gasteiger partial charge in [-0.15, -0.1) is 0 Å². The molecule has 1 spiro atoms. The number of aryl methyl sites for hydroxylation is 2. The minimum Gasteiger partial charge on any atom is -0.491 e. The highest BCUT2D eigenvalue weighted by atomic mass is 16.5. The molecule has 5 heteroatoms. The molecule has 0 radical (unpaired) electrons. The number of benzene rings is 3. The number of hydrogen-bond acceptors (Lipinski definition) is 4. The van der Waals surface area contributed by atoms with Crippen LogP contribution in [0.15, 0.2) is 48.5 Å². The first kappa shape index (κ1) is 25.3. The van der Waals surface area contributed by atoms with E-state index in [1.165, 1.54) is 38.9 Å². The zero-order valence-electron chi connectivity index (χ0n) is 22.2. The van der Waals surface area contributed by atoms with Gasteiger partial charge in [-0.05, 0) is 114 Å². The summed E-state index contributed by atoms with van der Waals surface area (Å²) in [6.07, 6.45) is 3.44. The molecule has 0 unspecified atom stereocenters. The molecule has 0 bridgehead atoms. The van der Waals surface area contributed by atoms with Gasteiger partial charge >= 0.3 is 5.97 Å². The Morgan fingerprint density at radius 3 is 2.41 bits per heavy atom. The Bertz CT molecular complexity index is 1300. The van der Waals surface area contributed by atoms with Crippen LogP contribution in [0.5, 0.6) is 11.5 Å². The van der Waals surface area contributed by atoms with Crippen molar-refractivity contribution >= 4 is 5.97 Å². The lowest BCUT2D eigenvalue weighted by atomic mass is 9.87. The molecule has 0 amide bonds. The molecule has 1 saturated carbocycles. The average molecular weight is 501 g/mol. The molecule has 5 nitrogen and oxygen atoms in total. The second-order valence-electron chi connectivity index (χ2n) is 10.7. The van der Waals surface area contributed by atoms with E-state index in [0.29, 0.717) is 19.8 Å². The third kappa shape index (κ3) is 5.10. The fourth-order valence-corrected chi connectivity index (χ4v) is 6.13. The number of hydrogen-bond donors (Lipinski definition) is 1. The van der Waals surface area contributed by atoms with Gasteiger partial charge in [0.25, 0.3) is 0 Å². The summed E-state index contributed by atoms with van der Waals surface area (Å²) in [7, 11) is 1.67. The van der Waals surface area contributed by atoms with Crippen LogP contribution in [-0.4, -0.2) is 31.4 Å². The summed E-state index contributed by atoms with van der Waals surface area (Å²) < 4.78 is 17.2. The molecule has 2 aliphatic carbocycles. The second-order valence-corrected chi connectivity index (χ2v) is 10.7. The van der Waals surface area contributed by atoms with Crippen LogP contribution in [0.1, 0.15) is 58.6 Å². The quantitative estimate of drug-likeness (QED) is 0.311. The summed E-state index contributed by atoms with van der Waals surface area (Å²) in [5, 5.41) is 9.41. The van der Waals surface area contributed by atoms with Gasteiger partial charge in [-0.1, -0.05) is 24.3 Å². The lowest BCUT2D eigenvalue weighted by molar-refractivity contribution is -0.137. The Morgan fingerprint density at radius 1 is 0.973 bits per heavy atom. The van der Waals surface area contributed by atoms with Crippen molar-refractivity contribution in [1.82, 2.24) is 0 Å².